The molecule has 0 aliphatic heterocycles. The van der Waals surface area contributed by atoms with Crippen molar-refractivity contribution in [2.45, 2.75) is 0 Å². The van der Waals surface area contributed by atoms with Gasteiger partial charge in [-0.1, -0.05) is 6.07 Å². The topological polar surface area (TPSA) is 99.9 Å². The molecule has 3 aromatic heterocycles. The molecular weight excluding hydrogens is 346 g/mol. The Balaban J connectivity index is 1.93. The van der Waals surface area contributed by atoms with Gasteiger partial charge in [-0.25, -0.2) is 9.97 Å². The Hall–Kier alpha value is -3.75. The molecule has 0 aliphatic rings. The third-order valence-corrected chi connectivity index (χ3v) is 4.04. The van der Waals surface area contributed by atoms with Gasteiger partial charge in [0.1, 0.15) is 12.0 Å². The molecule has 0 unspecified atom stereocenters. The molecule has 3 heterocycles. The van der Waals surface area contributed by atoms with Crippen molar-refractivity contribution in [2.75, 3.05) is 26.6 Å². The summed E-state index contributed by atoms with van der Waals surface area (Å²) in [5.74, 6) is 2.77. The monoisotopic (exact) mass is 363 g/mol. The Morgan fingerprint density at radius 2 is 1.81 bits per heavy atom. The molecule has 0 saturated carbocycles. The average Bonchev–Trinajstić information content (AvgIpc) is 3.17. The van der Waals surface area contributed by atoms with Crippen molar-refractivity contribution in [3.8, 4) is 28.8 Å². The minimum atomic E-state index is 0.493. The van der Waals surface area contributed by atoms with E-state index in [4.69, 9.17) is 9.47 Å². The van der Waals surface area contributed by atoms with Gasteiger partial charge in [0.25, 0.3) is 0 Å². The van der Waals surface area contributed by atoms with E-state index < -0.39 is 0 Å². The van der Waals surface area contributed by atoms with Crippen LogP contribution in [-0.2, 0) is 0 Å². The van der Waals surface area contributed by atoms with Gasteiger partial charge in [0.15, 0.2) is 17.3 Å². The lowest BCUT2D eigenvalue weighted by Crippen LogP contribution is -2.06. The smallest absolute Gasteiger partial charge is 0.227 e. The number of nitrogens with one attached hydrogen (secondary N) is 1. The van der Waals surface area contributed by atoms with Gasteiger partial charge in [-0.3, -0.25) is 4.98 Å². The van der Waals surface area contributed by atoms with Crippen molar-refractivity contribution in [2.24, 2.45) is 0 Å². The zero-order chi connectivity index (χ0) is 18.8. The predicted octanol–water partition coefficient (Wildman–Crippen LogP) is 2.33. The number of ether oxygens (including phenoxy) is 2. The molecule has 4 aromatic rings. The second-order valence-corrected chi connectivity index (χ2v) is 5.56. The van der Waals surface area contributed by atoms with Crippen LogP contribution in [0.3, 0.4) is 0 Å². The first kappa shape index (κ1) is 16.7. The van der Waals surface area contributed by atoms with Crippen molar-refractivity contribution in [3.63, 3.8) is 0 Å². The molecule has 0 amide bonds. The van der Waals surface area contributed by atoms with Crippen LogP contribution in [0.1, 0.15) is 0 Å². The standard InChI is InChI=1S/C18H17N7O2/c1-19-18-23-16(12-6-4-5-7-20-12)24-25(18)17-11-8-14(26-2)15(27-3)9-13(11)21-10-22-17/h4-10H,1-3H3,(H,19,23,24). The maximum atomic E-state index is 5.41. The molecule has 27 heavy (non-hydrogen) atoms. The van der Waals surface area contributed by atoms with Crippen LogP contribution in [0.25, 0.3) is 28.2 Å². The lowest BCUT2D eigenvalue weighted by Gasteiger charge is -2.11. The summed E-state index contributed by atoms with van der Waals surface area (Å²) in [5.41, 5.74) is 1.37. The van der Waals surface area contributed by atoms with Crippen LogP contribution in [0.4, 0.5) is 5.95 Å². The van der Waals surface area contributed by atoms with Crippen molar-refractivity contribution >= 4 is 16.9 Å². The molecule has 0 fully saturated rings. The molecule has 4 rings (SSSR count). The van der Waals surface area contributed by atoms with Crippen LogP contribution in [0.15, 0.2) is 42.9 Å². The molecule has 0 aliphatic carbocycles. The van der Waals surface area contributed by atoms with Crippen molar-refractivity contribution in [1.29, 1.82) is 0 Å². The Bertz CT molecular complexity index is 1100. The molecule has 0 spiro atoms. The second kappa shape index (κ2) is 6.87. The molecule has 1 N–H and O–H groups in total. The van der Waals surface area contributed by atoms with Gasteiger partial charge in [0.2, 0.25) is 11.8 Å². The summed E-state index contributed by atoms with van der Waals surface area (Å²) in [7, 11) is 4.94. The molecule has 0 bridgehead atoms. The number of nitrogens with zero attached hydrogens (tertiary/aromatic N) is 6. The predicted molar refractivity (Wildman–Crippen MR) is 100 cm³/mol. The van der Waals surface area contributed by atoms with E-state index in [-0.39, 0.29) is 0 Å². The van der Waals surface area contributed by atoms with Crippen LogP contribution in [0.5, 0.6) is 11.5 Å². The van der Waals surface area contributed by atoms with Crippen LogP contribution < -0.4 is 14.8 Å². The number of methoxy groups -OCH3 is 2. The summed E-state index contributed by atoms with van der Waals surface area (Å²) in [6, 6.07) is 9.21. The number of benzene rings is 1. The van der Waals surface area contributed by atoms with Crippen molar-refractivity contribution < 1.29 is 9.47 Å². The summed E-state index contributed by atoms with van der Waals surface area (Å²) in [5, 5.41) is 8.39. The SMILES string of the molecule is CNc1nc(-c2ccccn2)nn1-c1ncnc2cc(OC)c(OC)cc12. The maximum Gasteiger partial charge on any atom is 0.227 e. The fourth-order valence-corrected chi connectivity index (χ4v) is 2.76. The first-order chi connectivity index (χ1) is 13.2. The second-order valence-electron chi connectivity index (χ2n) is 5.56. The van der Waals surface area contributed by atoms with E-state index in [1.54, 1.807) is 38.2 Å². The van der Waals surface area contributed by atoms with Gasteiger partial charge in [-0.2, -0.15) is 9.67 Å². The van der Waals surface area contributed by atoms with E-state index in [9.17, 15) is 0 Å². The summed E-state index contributed by atoms with van der Waals surface area (Å²) in [4.78, 5) is 17.6. The van der Waals surface area contributed by atoms with E-state index in [0.717, 1.165) is 5.39 Å². The van der Waals surface area contributed by atoms with Gasteiger partial charge < -0.3 is 14.8 Å². The Kier molecular flexibility index (Phi) is 4.25. The summed E-state index contributed by atoms with van der Waals surface area (Å²) in [6.07, 6.45) is 3.18. The largest absolute Gasteiger partial charge is 0.493 e. The summed E-state index contributed by atoms with van der Waals surface area (Å²) < 4.78 is 12.4. The van der Waals surface area contributed by atoms with Crippen LogP contribution in [-0.4, -0.2) is 51.0 Å². The molecule has 0 atom stereocenters. The molecular formula is C18H17N7O2. The van der Waals surface area contributed by atoms with Crippen molar-refractivity contribution in [3.05, 3.63) is 42.9 Å². The number of rotatable bonds is 5. The van der Waals surface area contributed by atoms with Gasteiger partial charge in [0, 0.05) is 24.7 Å². The molecule has 9 nitrogen and oxygen atoms in total. The molecule has 9 heteroatoms. The highest BCUT2D eigenvalue weighted by molar-refractivity contribution is 5.88. The first-order valence-corrected chi connectivity index (χ1v) is 8.18. The van der Waals surface area contributed by atoms with Crippen LogP contribution in [0, 0.1) is 0 Å². The highest BCUT2D eigenvalue weighted by atomic mass is 16.5. The van der Waals surface area contributed by atoms with Crippen LogP contribution >= 0.6 is 0 Å². The van der Waals surface area contributed by atoms with E-state index in [2.05, 4.69) is 30.4 Å². The quantitative estimate of drug-likeness (QED) is 0.577. The number of fused-ring (bicyclic) bond motifs is 1. The third kappa shape index (κ3) is 2.88. The summed E-state index contributed by atoms with van der Waals surface area (Å²) >= 11 is 0. The van der Waals surface area contributed by atoms with Crippen LogP contribution in [0.2, 0.25) is 0 Å². The fourth-order valence-electron chi connectivity index (χ4n) is 2.76. The normalized spacial score (nSPS) is 10.8. The number of aromatic nitrogens is 6. The Morgan fingerprint density at radius 3 is 2.52 bits per heavy atom. The van der Waals surface area contributed by atoms with Crippen molar-refractivity contribution in [1.82, 2.24) is 29.7 Å². The zero-order valence-electron chi connectivity index (χ0n) is 15.0. The minimum absolute atomic E-state index is 0.493. The van der Waals surface area contributed by atoms with Gasteiger partial charge in [-0.05, 0) is 18.2 Å². The molecule has 136 valence electrons. The molecule has 1 aromatic carbocycles. The number of pyridine rings is 1. The van der Waals surface area contributed by atoms with E-state index >= 15 is 0 Å². The van der Waals surface area contributed by atoms with Gasteiger partial charge >= 0.3 is 0 Å². The highest BCUT2D eigenvalue weighted by Crippen LogP contribution is 2.33. The maximum absolute atomic E-state index is 5.41. The minimum Gasteiger partial charge on any atom is -0.493 e. The fraction of sp³-hybridized carbons (Fsp3) is 0.167. The number of anilines is 1. The number of hydrogen-bond donors (Lipinski definition) is 1. The van der Waals surface area contributed by atoms with E-state index in [1.807, 2.05) is 24.3 Å². The Labute approximate surface area is 155 Å². The Morgan fingerprint density at radius 1 is 1.00 bits per heavy atom. The third-order valence-electron chi connectivity index (χ3n) is 4.04. The van der Waals surface area contributed by atoms with Gasteiger partial charge in [-0.15, -0.1) is 5.10 Å². The molecule has 0 radical (unpaired) electrons. The molecule has 0 saturated heterocycles. The van der Waals surface area contributed by atoms with Gasteiger partial charge in [0.05, 0.1) is 19.7 Å². The first-order valence-electron chi connectivity index (χ1n) is 8.18. The lowest BCUT2D eigenvalue weighted by molar-refractivity contribution is 0.355. The van der Waals surface area contributed by atoms with E-state index in [1.165, 1.54) is 6.33 Å². The highest BCUT2D eigenvalue weighted by Gasteiger charge is 2.18. The zero-order valence-corrected chi connectivity index (χ0v) is 15.0. The van der Waals surface area contributed by atoms with E-state index in [0.29, 0.717) is 40.3 Å². The average molecular weight is 363 g/mol. The number of hydrogen-bond acceptors (Lipinski definition) is 8. The lowest BCUT2D eigenvalue weighted by atomic mass is 10.2. The summed E-state index contributed by atoms with van der Waals surface area (Å²) in [6.45, 7) is 0.